The molecule has 4 aromatic carbocycles. The van der Waals surface area contributed by atoms with E-state index in [9.17, 15) is 19.5 Å². The molecule has 6 rings (SSSR count). The Balaban J connectivity index is 1.06. The minimum absolute atomic E-state index is 0.0267. The number of hydrogen-bond donors (Lipinski definition) is 5. The number of nitrogens with one attached hydrogen (secondary N) is 4. The summed E-state index contributed by atoms with van der Waals surface area (Å²) in [6.45, 7) is 16.3. The van der Waals surface area contributed by atoms with Crippen LogP contribution in [0.25, 0.3) is 0 Å². The highest BCUT2D eigenvalue weighted by atomic mass is 16.5. The number of likely N-dealkylation sites (N-methyl/N-ethyl adjacent to an activating group) is 1. The predicted octanol–water partition coefficient (Wildman–Crippen LogP) is 7.64. The van der Waals surface area contributed by atoms with Gasteiger partial charge in [0.25, 0.3) is 0 Å². The molecule has 2 saturated heterocycles. The van der Waals surface area contributed by atoms with Gasteiger partial charge in [0.1, 0.15) is 18.3 Å². The number of nitrogens with zero attached hydrogens (tertiary/aromatic N) is 4. The Morgan fingerprint density at radius 1 is 0.810 bits per heavy atom. The maximum Gasteiger partial charge on any atom is 0.407 e. The van der Waals surface area contributed by atoms with Crippen molar-refractivity contribution in [3.63, 3.8) is 0 Å². The van der Waals surface area contributed by atoms with Crippen LogP contribution in [0, 0.1) is 12.3 Å². The summed E-state index contributed by atoms with van der Waals surface area (Å²) in [5, 5.41) is 17.6. The van der Waals surface area contributed by atoms with Gasteiger partial charge in [0.15, 0.2) is 0 Å². The standard InChI is InChI=1S/C50H68N8O5/c1-8-55(9-2)44(38-25-19-35(3)20-26-38)47(60)58-32-14-18-43(58)54-53-40-29-23-37(24-30-40)34-56(41-15-11-10-12-16-41)33-36-21-27-39(28-22-36)51-46(59)42-17-13-31-57(42)48(61)45(50(4,5)6)52-49(62)63-7/h10-12,15-16,19-30,42-45,47,53-54,60H,8-9,13-14,17-18,31-34H2,1-7H3,(H,51,59)(H,52,62). The van der Waals surface area contributed by atoms with Crippen LogP contribution in [-0.2, 0) is 27.4 Å². The molecule has 63 heavy (non-hydrogen) atoms. The summed E-state index contributed by atoms with van der Waals surface area (Å²) in [6, 6.07) is 33.5. The number of aryl methyl sites for hydroxylation is 1. The first-order valence-corrected chi connectivity index (χ1v) is 22.5. The van der Waals surface area contributed by atoms with E-state index in [0.717, 1.165) is 60.5 Å². The Bertz CT molecular complexity index is 2070. The molecule has 0 radical (unpaired) electrons. The average molecular weight is 861 g/mol. The number of rotatable bonds is 18. The monoisotopic (exact) mass is 861 g/mol. The van der Waals surface area contributed by atoms with Gasteiger partial charge in [-0.15, -0.1) is 0 Å². The van der Waals surface area contributed by atoms with Crippen LogP contribution in [-0.4, -0.2) is 95.5 Å². The first-order chi connectivity index (χ1) is 30.3. The second-order valence-electron chi connectivity index (χ2n) is 17.9. The number of hydrazine groups is 1. The van der Waals surface area contributed by atoms with E-state index in [0.29, 0.717) is 38.2 Å². The molecule has 0 aliphatic carbocycles. The Morgan fingerprint density at radius 2 is 1.41 bits per heavy atom. The number of carbonyl (C=O) groups excluding carboxylic acids is 3. The number of carbonyl (C=O) groups is 3. The van der Waals surface area contributed by atoms with Crippen molar-refractivity contribution in [1.29, 1.82) is 0 Å². The molecule has 5 atom stereocenters. The lowest BCUT2D eigenvalue weighted by atomic mass is 9.85. The number of hydrogen-bond acceptors (Lipinski definition) is 10. The van der Waals surface area contributed by atoms with Gasteiger partial charge in [-0.3, -0.25) is 19.4 Å². The molecule has 4 aromatic rings. The minimum Gasteiger partial charge on any atom is -0.453 e. The number of aliphatic hydroxyl groups is 1. The van der Waals surface area contributed by atoms with Crippen molar-refractivity contribution in [2.45, 2.75) is 111 Å². The summed E-state index contributed by atoms with van der Waals surface area (Å²) in [5.41, 5.74) is 13.6. The van der Waals surface area contributed by atoms with Crippen LogP contribution in [0.5, 0.6) is 0 Å². The maximum atomic E-state index is 13.7. The predicted molar refractivity (Wildman–Crippen MR) is 251 cm³/mol. The number of methoxy groups -OCH3 is 1. The van der Waals surface area contributed by atoms with E-state index in [-0.39, 0.29) is 24.0 Å². The Labute approximate surface area is 374 Å². The number of benzene rings is 4. The van der Waals surface area contributed by atoms with E-state index in [1.807, 2.05) is 63.2 Å². The van der Waals surface area contributed by atoms with Gasteiger partial charge >= 0.3 is 6.09 Å². The van der Waals surface area contributed by atoms with E-state index >= 15 is 0 Å². The largest absolute Gasteiger partial charge is 0.453 e. The molecule has 5 N–H and O–H groups in total. The molecule has 0 spiro atoms. The Morgan fingerprint density at radius 3 is 2.00 bits per heavy atom. The Hall–Kier alpha value is -5.47. The summed E-state index contributed by atoms with van der Waals surface area (Å²) >= 11 is 0. The lowest BCUT2D eigenvalue weighted by Gasteiger charge is -2.40. The summed E-state index contributed by atoms with van der Waals surface area (Å²) in [5.74, 6) is -0.548. The van der Waals surface area contributed by atoms with E-state index in [4.69, 9.17) is 4.74 Å². The summed E-state index contributed by atoms with van der Waals surface area (Å²) in [4.78, 5) is 47.8. The highest BCUT2D eigenvalue weighted by molar-refractivity contribution is 5.98. The van der Waals surface area contributed by atoms with E-state index in [1.165, 1.54) is 12.7 Å². The van der Waals surface area contributed by atoms with Gasteiger partial charge < -0.3 is 35.7 Å². The molecule has 5 unspecified atom stereocenters. The lowest BCUT2D eigenvalue weighted by Crippen LogP contribution is -2.57. The molecular weight excluding hydrogens is 793 g/mol. The highest BCUT2D eigenvalue weighted by Gasteiger charge is 2.42. The molecule has 0 bridgehead atoms. The molecule has 0 aromatic heterocycles. The SMILES string of the molecule is CCN(CC)C(c1ccc(C)cc1)C(O)N1CCCC1NNc1ccc(CN(Cc2ccc(NC(=O)C3CCCN3C(=O)C(NC(=O)OC)C(C)(C)C)cc2)c2ccccc2)cc1. The van der Waals surface area contributed by atoms with Crippen LogP contribution in [0.1, 0.15) is 88.6 Å². The first-order valence-electron chi connectivity index (χ1n) is 22.5. The van der Waals surface area contributed by atoms with Gasteiger partial charge in [0.2, 0.25) is 11.8 Å². The zero-order valence-corrected chi connectivity index (χ0v) is 38.1. The van der Waals surface area contributed by atoms with Crippen LogP contribution < -0.4 is 26.4 Å². The van der Waals surface area contributed by atoms with Gasteiger partial charge in [-0.25, -0.2) is 10.2 Å². The fourth-order valence-corrected chi connectivity index (χ4v) is 8.79. The van der Waals surface area contributed by atoms with Gasteiger partial charge in [0, 0.05) is 43.2 Å². The third-order valence-electron chi connectivity index (χ3n) is 12.4. The number of anilines is 3. The van der Waals surface area contributed by atoms with Crippen LogP contribution in [0.4, 0.5) is 21.9 Å². The summed E-state index contributed by atoms with van der Waals surface area (Å²) < 4.78 is 4.78. The van der Waals surface area contributed by atoms with Crippen molar-refractivity contribution in [1.82, 2.24) is 25.4 Å². The lowest BCUT2D eigenvalue weighted by molar-refractivity contribution is -0.140. The molecule has 2 fully saturated rings. The van der Waals surface area contributed by atoms with Gasteiger partial charge in [-0.1, -0.05) is 107 Å². The van der Waals surface area contributed by atoms with E-state index in [1.54, 1.807) is 4.90 Å². The quantitative estimate of drug-likeness (QED) is 0.0634. The molecule has 2 heterocycles. The summed E-state index contributed by atoms with van der Waals surface area (Å²) in [6.07, 6.45) is 1.79. The number of amides is 3. The number of ether oxygens (including phenoxy) is 1. The van der Waals surface area contributed by atoms with Crippen molar-refractivity contribution in [3.8, 4) is 0 Å². The van der Waals surface area contributed by atoms with E-state index < -0.39 is 29.8 Å². The molecule has 3 amide bonds. The second-order valence-corrected chi connectivity index (χ2v) is 17.9. The van der Waals surface area contributed by atoms with Crippen LogP contribution in [0.15, 0.2) is 103 Å². The van der Waals surface area contributed by atoms with Crippen molar-refractivity contribution in [2.75, 3.05) is 48.9 Å². The molecule has 13 heteroatoms. The second kappa shape index (κ2) is 21.7. The van der Waals surface area contributed by atoms with Crippen molar-refractivity contribution < 1.29 is 24.2 Å². The average Bonchev–Trinajstić information content (AvgIpc) is 3.98. The first kappa shape index (κ1) is 47.0. The fourth-order valence-electron chi connectivity index (χ4n) is 8.79. The molecule has 13 nitrogen and oxygen atoms in total. The van der Waals surface area contributed by atoms with Gasteiger partial charge in [-0.05, 0) is 104 Å². The van der Waals surface area contributed by atoms with Crippen LogP contribution >= 0.6 is 0 Å². The molecule has 0 saturated carbocycles. The highest BCUT2D eigenvalue weighted by Crippen LogP contribution is 2.31. The zero-order chi connectivity index (χ0) is 45.1. The fraction of sp³-hybridized carbons (Fsp3) is 0.460. The summed E-state index contributed by atoms with van der Waals surface area (Å²) in [7, 11) is 1.26. The number of alkyl carbamates (subject to hydrolysis) is 1. The van der Waals surface area contributed by atoms with Gasteiger partial charge in [0.05, 0.1) is 19.3 Å². The Kier molecular flexibility index (Phi) is 16.2. The molecular formula is C50H68N8O5. The molecule has 2 aliphatic heterocycles. The third kappa shape index (κ3) is 12.2. The van der Waals surface area contributed by atoms with E-state index in [2.05, 4.69) is 118 Å². The van der Waals surface area contributed by atoms with Gasteiger partial charge in [-0.2, -0.15) is 0 Å². The normalized spacial score (nSPS) is 18.1. The van der Waals surface area contributed by atoms with Crippen LogP contribution in [0.3, 0.4) is 0 Å². The maximum absolute atomic E-state index is 13.7. The molecule has 338 valence electrons. The van der Waals surface area contributed by atoms with Crippen molar-refractivity contribution in [2.24, 2.45) is 5.41 Å². The van der Waals surface area contributed by atoms with Crippen LogP contribution in [0.2, 0.25) is 0 Å². The number of aliphatic hydroxyl groups excluding tert-OH is 1. The zero-order valence-electron chi connectivity index (χ0n) is 38.1. The van der Waals surface area contributed by atoms with Crippen molar-refractivity contribution >= 4 is 35.0 Å². The smallest absolute Gasteiger partial charge is 0.407 e. The molecule has 2 aliphatic rings. The third-order valence-corrected chi connectivity index (χ3v) is 12.4. The number of para-hydroxylation sites is 1. The number of likely N-dealkylation sites (tertiary alicyclic amines) is 2. The topological polar surface area (TPSA) is 142 Å². The van der Waals surface area contributed by atoms with Crippen molar-refractivity contribution in [3.05, 3.63) is 125 Å². The minimum atomic E-state index is -0.841.